The lowest BCUT2D eigenvalue weighted by Gasteiger charge is -2.11. The van der Waals surface area contributed by atoms with Gasteiger partial charge in [0.1, 0.15) is 11.6 Å². The number of nitrogens with one attached hydrogen (secondary N) is 1. The van der Waals surface area contributed by atoms with E-state index in [1.54, 1.807) is 0 Å². The van der Waals surface area contributed by atoms with Gasteiger partial charge in [0, 0.05) is 18.0 Å². The van der Waals surface area contributed by atoms with E-state index in [4.69, 9.17) is 0 Å². The molecule has 1 aromatic rings. The van der Waals surface area contributed by atoms with E-state index in [2.05, 4.69) is 29.1 Å². The van der Waals surface area contributed by atoms with E-state index in [9.17, 15) is 0 Å². The van der Waals surface area contributed by atoms with Crippen LogP contribution in [0.1, 0.15) is 49.2 Å². The van der Waals surface area contributed by atoms with E-state index in [0.717, 1.165) is 24.6 Å². The number of anilines is 1. The van der Waals surface area contributed by atoms with Crippen LogP contribution in [0.4, 0.5) is 5.82 Å². The molecule has 1 aliphatic carbocycles. The molecule has 1 aromatic heterocycles. The highest BCUT2D eigenvalue weighted by Gasteiger charge is 2.28. The first-order valence-electron chi connectivity index (χ1n) is 5.81. The quantitative estimate of drug-likeness (QED) is 0.821. The standard InChI is InChI=1S/C12H19N3/c1-4-7-13-12-8(2)11(10-5-6-10)14-9(3)15-12/h10H,4-7H2,1-3H3,(H,13,14,15). The van der Waals surface area contributed by atoms with Crippen LogP contribution < -0.4 is 5.32 Å². The van der Waals surface area contributed by atoms with Crippen molar-refractivity contribution >= 4 is 5.82 Å². The molecule has 1 saturated carbocycles. The minimum absolute atomic E-state index is 0.703. The molecule has 3 heteroatoms. The normalized spacial score (nSPS) is 15.4. The Labute approximate surface area is 91.3 Å². The minimum Gasteiger partial charge on any atom is -0.370 e. The Bertz CT molecular complexity index is 356. The lowest BCUT2D eigenvalue weighted by molar-refractivity contribution is 0.899. The summed E-state index contributed by atoms with van der Waals surface area (Å²) in [5.74, 6) is 2.63. The Morgan fingerprint density at radius 2 is 2.00 bits per heavy atom. The molecule has 0 radical (unpaired) electrons. The first-order chi connectivity index (χ1) is 7.22. The third-order valence-corrected chi connectivity index (χ3v) is 2.80. The fraction of sp³-hybridized carbons (Fsp3) is 0.667. The molecular weight excluding hydrogens is 186 g/mol. The van der Waals surface area contributed by atoms with Crippen molar-refractivity contribution in [1.82, 2.24) is 9.97 Å². The molecule has 0 bridgehead atoms. The topological polar surface area (TPSA) is 37.8 Å². The average molecular weight is 205 g/mol. The number of rotatable bonds is 4. The van der Waals surface area contributed by atoms with Crippen LogP contribution in [0.25, 0.3) is 0 Å². The summed E-state index contributed by atoms with van der Waals surface area (Å²) in [4.78, 5) is 9.01. The summed E-state index contributed by atoms with van der Waals surface area (Å²) in [7, 11) is 0. The molecule has 3 nitrogen and oxygen atoms in total. The molecule has 0 aromatic carbocycles. The van der Waals surface area contributed by atoms with Gasteiger partial charge in [0.15, 0.2) is 0 Å². The second-order valence-corrected chi connectivity index (χ2v) is 4.33. The molecule has 0 atom stereocenters. The summed E-state index contributed by atoms with van der Waals surface area (Å²) in [6.07, 6.45) is 3.72. The first kappa shape index (κ1) is 10.4. The molecule has 0 saturated heterocycles. The monoisotopic (exact) mass is 205 g/mol. The summed E-state index contributed by atoms with van der Waals surface area (Å²) in [6, 6.07) is 0. The van der Waals surface area contributed by atoms with Gasteiger partial charge >= 0.3 is 0 Å². The molecule has 82 valence electrons. The van der Waals surface area contributed by atoms with Crippen molar-refractivity contribution in [2.24, 2.45) is 0 Å². The van der Waals surface area contributed by atoms with Crippen LogP contribution >= 0.6 is 0 Å². The van der Waals surface area contributed by atoms with Gasteiger partial charge in [-0.1, -0.05) is 6.92 Å². The third-order valence-electron chi connectivity index (χ3n) is 2.80. The van der Waals surface area contributed by atoms with Gasteiger partial charge in [-0.2, -0.15) is 0 Å². The van der Waals surface area contributed by atoms with Gasteiger partial charge in [0.05, 0.1) is 5.69 Å². The summed E-state index contributed by atoms with van der Waals surface area (Å²) >= 11 is 0. The largest absolute Gasteiger partial charge is 0.370 e. The van der Waals surface area contributed by atoms with Gasteiger partial charge in [-0.05, 0) is 33.1 Å². The van der Waals surface area contributed by atoms with Gasteiger partial charge < -0.3 is 5.32 Å². The van der Waals surface area contributed by atoms with Crippen molar-refractivity contribution in [3.05, 3.63) is 17.1 Å². The zero-order valence-corrected chi connectivity index (χ0v) is 9.80. The van der Waals surface area contributed by atoms with Crippen molar-refractivity contribution in [2.45, 2.75) is 46.0 Å². The molecule has 1 N–H and O–H groups in total. The van der Waals surface area contributed by atoms with E-state index in [-0.39, 0.29) is 0 Å². The third kappa shape index (κ3) is 2.28. The Morgan fingerprint density at radius 3 is 2.60 bits per heavy atom. The van der Waals surface area contributed by atoms with Crippen LogP contribution in [-0.2, 0) is 0 Å². The van der Waals surface area contributed by atoms with Crippen molar-refractivity contribution in [3.8, 4) is 0 Å². The molecule has 15 heavy (non-hydrogen) atoms. The fourth-order valence-corrected chi connectivity index (χ4v) is 1.82. The van der Waals surface area contributed by atoms with Crippen LogP contribution in [0.3, 0.4) is 0 Å². The molecule has 0 aliphatic heterocycles. The smallest absolute Gasteiger partial charge is 0.132 e. The molecule has 0 spiro atoms. The Kier molecular flexibility index (Phi) is 2.89. The van der Waals surface area contributed by atoms with Crippen LogP contribution in [0, 0.1) is 13.8 Å². The lowest BCUT2D eigenvalue weighted by atomic mass is 10.1. The van der Waals surface area contributed by atoms with E-state index in [1.165, 1.54) is 24.1 Å². The van der Waals surface area contributed by atoms with E-state index >= 15 is 0 Å². The fourth-order valence-electron chi connectivity index (χ4n) is 1.82. The first-order valence-corrected chi connectivity index (χ1v) is 5.81. The van der Waals surface area contributed by atoms with Crippen LogP contribution in [-0.4, -0.2) is 16.5 Å². The molecular formula is C12H19N3. The van der Waals surface area contributed by atoms with E-state index < -0.39 is 0 Å². The summed E-state index contributed by atoms with van der Waals surface area (Å²) < 4.78 is 0. The van der Waals surface area contributed by atoms with Crippen LogP contribution in [0.5, 0.6) is 0 Å². The van der Waals surface area contributed by atoms with Crippen LogP contribution in [0.2, 0.25) is 0 Å². The SMILES string of the molecule is CCCNc1nc(C)nc(C2CC2)c1C. The highest BCUT2D eigenvalue weighted by Crippen LogP contribution is 2.41. The zero-order valence-electron chi connectivity index (χ0n) is 9.80. The van der Waals surface area contributed by atoms with Crippen molar-refractivity contribution in [2.75, 3.05) is 11.9 Å². The average Bonchev–Trinajstić information content (AvgIpc) is 3.02. The summed E-state index contributed by atoms with van der Waals surface area (Å²) in [5, 5.41) is 3.38. The van der Waals surface area contributed by atoms with Gasteiger partial charge in [0.2, 0.25) is 0 Å². The van der Waals surface area contributed by atoms with Crippen molar-refractivity contribution < 1.29 is 0 Å². The van der Waals surface area contributed by atoms with Crippen LogP contribution in [0.15, 0.2) is 0 Å². The molecule has 0 unspecified atom stereocenters. The molecule has 1 fully saturated rings. The highest BCUT2D eigenvalue weighted by atomic mass is 15.0. The highest BCUT2D eigenvalue weighted by molar-refractivity contribution is 5.47. The second-order valence-electron chi connectivity index (χ2n) is 4.33. The summed E-state index contributed by atoms with van der Waals surface area (Å²) in [5.41, 5.74) is 2.51. The Morgan fingerprint density at radius 1 is 1.27 bits per heavy atom. The number of hydrogen-bond donors (Lipinski definition) is 1. The van der Waals surface area contributed by atoms with Gasteiger partial charge in [-0.3, -0.25) is 0 Å². The summed E-state index contributed by atoms with van der Waals surface area (Å²) in [6.45, 7) is 7.26. The number of aryl methyl sites for hydroxylation is 1. The molecule has 1 aliphatic rings. The van der Waals surface area contributed by atoms with Gasteiger partial charge in [0.25, 0.3) is 0 Å². The molecule has 0 amide bonds. The predicted molar refractivity (Wildman–Crippen MR) is 62.3 cm³/mol. The maximum atomic E-state index is 4.55. The Balaban J connectivity index is 2.27. The van der Waals surface area contributed by atoms with Crippen molar-refractivity contribution in [1.29, 1.82) is 0 Å². The maximum Gasteiger partial charge on any atom is 0.132 e. The maximum absolute atomic E-state index is 4.55. The van der Waals surface area contributed by atoms with Crippen molar-refractivity contribution in [3.63, 3.8) is 0 Å². The molecule has 1 heterocycles. The number of hydrogen-bond acceptors (Lipinski definition) is 3. The number of aromatic nitrogens is 2. The minimum atomic E-state index is 0.703. The van der Waals surface area contributed by atoms with E-state index in [1.807, 2.05) is 6.92 Å². The predicted octanol–water partition coefficient (Wildman–Crippen LogP) is 2.79. The second kappa shape index (κ2) is 4.17. The number of nitrogens with zero attached hydrogens (tertiary/aromatic N) is 2. The Hall–Kier alpha value is -1.12. The van der Waals surface area contributed by atoms with E-state index in [0.29, 0.717) is 5.92 Å². The van der Waals surface area contributed by atoms with Gasteiger partial charge in [-0.15, -0.1) is 0 Å². The van der Waals surface area contributed by atoms with Gasteiger partial charge in [-0.25, -0.2) is 9.97 Å². The zero-order chi connectivity index (χ0) is 10.8. The lowest BCUT2D eigenvalue weighted by Crippen LogP contribution is -2.08. The molecule has 2 rings (SSSR count).